The Morgan fingerprint density at radius 1 is 0.522 bits per heavy atom. The van der Waals surface area contributed by atoms with E-state index in [4.69, 9.17) is 8.83 Å². The van der Waals surface area contributed by atoms with Crippen LogP contribution in [0.15, 0.2) is 160 Å². The SMILES string of the molecule is Cc1ccc(Nc2cc3oc4cc5c(cc4c3cc2-c2cc(-c3ccc4c(c3)oc3ccccc34)c3c4cc6ccccc6cc4n4c3c2Bc2cc(C)ccc2-4)C(C)(C)CCC5(C)C)cc1. The monoisotopic (exact) mass is 864 g/mol. The third-order valence-electron chi connectivity index (χ3n) is 15.7. The van der Waals surface area contributed by atoms with Gasteiger partial charge < -0.3 is 18.7 Å². The summed E-state index contributed by atoms with van der Waals surface area (Å²) < 4.78 is 16.2. The van der Waals surface area contributed by atoms with E-state index in [1.165, 1.54) is 88.0 Å². The molecular weight excluding hydrogens is 816 g/mol. The summed E-state index contributed by atoms with van der Waals surface area (Å²) in [6.07, 6.45) is 2.31. The molecule has 67 heavy (non-hydrogen) atoms. The molecule has 1 aliphatic carbocycles. The molecule has 0 saturated heterocycles. The Balaban J connectivity index is 1.13. The van der Waals surface area contributed by atoms with Crippen molar-refractivity contribution in [3.63, 3.8) is 0 Å². The highest BCUT2D eigenvalue weighted by Crippen LogP contribution is 2.50. The van der Waals surface area contributed by atoms with E-state index in [1.807, 2.05) is 0 Å². The van der Waals surface area contributed by atoms with Gasteiger partial charge in [0.25, 0.3) is 0 Å². The topological polar surface area (TPSA) is 43.2 Å². The summed E-state index contributed by atoms with van der Waals surface area (Å²) in [5.74, 6) is 0. The molecule has 2 aliphatic rings. The molecule has 4 heterocycles. The summed E-state index contributed by atoms with van der Waals surface area (Å²) in [7, 11) is 0.798. The normalized spacial score (nSPS) is 15.0. The summed E-state index contributed by atoms with van der Waals surface area (Å²) in [4.78, 5) is 0. The Kier molecular flexibility index (Phi) is 7.83. The number of rotatable bonds is 4. The largest absolute Gasteiger partial charge is 0.456 e. The van der Waals surface area contributed by atoms with Crippen molar-refractivity contribution in [2.24, 2.45) is 0 Å². The molecule has 0 bridgehead atoms. The van der Waals surface area contributed by atoms with Gasteiger partial charge in [-0.1, -0.05) is 117 Å². The molecule has 0 unspecified atom stereocenters. The van der Waals surface area contributed by atoms with Crippen LogP contribution in [0, 0.1) is 13.8 Å². The number of anilines is 2. The highest BCUT2D eigenvalue weighted by atomic mass is 16.3. The van der Waals surface area contributed by atoms with Gasteiger partial charge in [-0.25, -0.2) is 0 Å². The average molecular weight is 865 g/mol. The highest BCUT2D eigenvalue weighted by Gasteiger charge is 2.38. The Morgan fingerprint density at radius 3 is 2.01 bits per heavy atom. The zero-order valence-corrected chi connectivity index (χ0v) is 38.8. The molecule has 0 radical (unpaired) electrons. The van der Waals surface area contributed by atoms with Crippen LogP contribution < -0.4 is 16.2 Å². The number of nitrogens with zero attached hydrogens (tertiary/aromatic N) is 1. The molecule has 1 aliphatic heterocycles. The van der Waals surface area contributed by atoms with Gasteiger partial charge in [-0.2, -0.15) is 0 Å². The smallest absolute Gasteiger partial charge is 0.198 e. The lowest BCUT2D eigenvalue weighted by molar-refractivity contribution is 0.332. The molecule has 9 aromatic carbocycles. The molecule has 0 saturated carbocycles. The van der Waals surface area contributed by atoms with Crippen LogP contribution in [-0.4, -0.2) is 11.8 Å². The minimum atomic E-state index is 0.0627. The van der Waals surface area contributed by atoms with Gasteiger partial charge in [0, 0.05) is 60.8 Å². The second-order valence-electron chi connectivity index (χ2n) is 21.0. The highest BCUT2D eigenvalue weighted by molar-refractivity contribution is 6.73. The van der Waals surface area contributed by atoms with Gasteiger partial charge in [-0.05, 0) is 154 Å². The van der Waals surface area contributed by atoms with E-state index in [1.54, 1.807) is 0 Å². The van der Waals surface area contributed by atoms with Crippen molar-refractivity contribution in [3.05, 3.63) is 174 Å². The Labute approximate surface area is 390 Å². The van der Waals surface area contributed by atoms with Gasteiger partial charge in [0.15, 0.2) is 7.28 Å². The third-order valence-corrected chi connectivity index (χ3v) is 15.7. The number of furan rings is 2. The number of fused-ring (bicyclic) bond motifs is 13. The predicted octanol–water partition coefficient (Wildman–Crippen LogP) is 15.5. The molecule has 14 rings (SSSR count). The number of hydrogen-bond donors (Lipinski definition) is 1. The summed E-state index contributed by atoms with van der Waals surface area (Å²) in [5.41, 5.74) is 22.2. The van der Waals surface area contributed by atoms with Gasteiger partial charge in [0.2, 0.25) is 0 Å². The van der Waals surface area contributed by atoms with Crippen molar-refractivity contribution >= 4 is 106 Å². The minimum Gasteiger partial charge on any atom is -0.456 e. The van der Waals surface area contributed by atoms with E-state index in [9.17, 15) is 0 Å². The van der Waals surface area contributed by atoms with Crippen LogP contribution in [0.1, 0.15) is 62.8 Å². The van der Waals surface area contributed by atoms with Gasteiger partial charge in [-0.3, -0.25) is 0 Å². The van der Waals surface area contributed by atoms with Gasteiger partial charge in [0.05, 0.1) is 11.2 Å². The lowest BCUT2D eigenvalue weighted by Crippen LogP contribution is -2.37. The number of nitrogens with one attached hydrogen (secondary N) is 1. The average Bonchev–Trinajstić information content (AvgIpc) is 3.99. The van der Waals surface area contributed by atoms with Crippen molar-refractivity contribution in [2.45, 2.75) is 65.2 Å². The first-order valence-electron chi connectivity index (χ1n) is 23.9. The van der Waals surface area contributed by atoms with Gasteiger partial charge >= 0.3 is 0 Å². The maximum Gasteiger partial charge on any atom is 0.198 e. The van der Waals surface area contributed by atoms with Crippen LogP contribution in [-0.2, 0) is 10.8 Å². The minimum absolute atomic E-state index is 0.0627. The maximum absolute atomic E-state index is 6.97. The lowest BCUT2D eigenvalue weighted by Gasteiger charge is -2.41. The molecule has 0 spiro atoms. The van der Waals surface area contributed by atoms with Crippen LogP contribution in [0.2, 0.25) is 0 Å². The van der Waals surface area contributed by atoms with Gasteiger partial charge in [0.1, 0.15) is 22.3 Å². The molecule has 4 nitrogen and oxygen atoms in total. The standard InChI is InChI=1S/C62H49BN2O2/c1-34-15-19-39(20-16-34)64-51-33-57-44(45-31-48-49(32-56(45)67-57)62(5,6)24-23-61(48,3)4)30-43(51)46-29-42(38-18-21-41-40-13-9-10-14-54(40)66-55(41)28-38)58-47-26-36-11-7-8-12-37(36)27-53(47)65-52-22-17-35(2)25-50(52)63-59(46)60(58)65/h7-22,25-33,63-64H,23-24H2,1-6H3. The molecular formula is C62H49BN2O2. The quantitative estimate of drug-likeness (QED) is 0.179. The fraction of sp³-hybridized carbons (Fsp3) is 0.161. The summed E-state index contributed by atoms with van der Waals surface area (Å²) in [6, 6.07) is 56.6. The third kappa shape index (κ3) is 5.67. The fourth-order valence-corrected chi connectivity index (χ4v) is 12.0. The van der Waals surface area contributed by atoms with Crippen LogP contribution in [0.25, 0.3) is 104 Å². The summed E-state index contributed by atoms with van der Waals surface area (Å²) in [6.45, 7) is 14.0. The first-order valence-corrected chi connectivity index (χ1v) is 23.9. The first-order chi connectivity index (χ1) is 32.5. The summed E-state index contributed by atoms with van der Waals surface area (Å²) >= 11 is 0. The van der Waals surface area contributed by atoms with Crippen LogP contribution in [0.3, 0.4) is 0 Å². The second-order valence-corrected chi connectivity index (χ2v) is 21.0. The van der Waals surface area contributed by atoms with E-state index < -0.39 is 0 Å². The van der Waals surface area contributed by atoms with E-state index in [0.29, 0.717) is 0 Å². The Morgan fingerprint density at radius 2 is 1.19 bits per heavy atom. The number of aromatic nitrogens is 1. The molecule has 0 fully saturated rings. The first kappa shape index (κ1) is 38.7. The van der Waals surface area contributed by atoms with Crippen LogP contribution >= 0.6 is 0 Å². The van der Waals surface area contributed by atoms with Gasteiger partial charge in [-0.15, -0.1) is 0 Å². The number of benzene rings is 9. The molecule has 12 aromatic rings. The van der Waals surface area contributed by atoms with Crippen molar-refractivity contribution in [1.82, 2.24) is 4.57 Å². The summed E-state index contributed by atoms with van der Waals surface area (Å²) in [5, 5.41) is 13.5. The molecule has 3 aromatic heterocycles. The molecule has 5 heteroatoms. The van der Waals surface area contributed by atoms with Crippen LogP contribution in [0.5, 0.6) is 0 Å². The van der Waals surface area contributed by atoms with E-state index in [-0.39, 0.29) is 10.8 Å². The lowest BCUT2D eigenvalue weighted by atomic mass is 9.58. The van der Waals surface area contributed by atoms with Crippen molar-refractivity contribution in [1.29, 1.82) is 0 Å². The van der Waals surface area contributed by atoms with E-state index in [0.717, 1.165) is 81.1 Å². The molecule has 0 atom stereocenters. The fourth-order valence-electron chi connectivity index (χ4n) is 12.0. The second kappa shape index (κ2) is 13.5. The number of aryl methyl sites for hydroxylation is 2. The zero-order chi connectivity index (χ0) is 45.1. The molecule has 0 amide bonds. The van der Waals surface area contributed by atoms with E-state index in [2.05, 4.69) is 203 Å². The van der Waals surface area contributed by atoms with Crippen LogP contribution in [0.4, 0.5) is 11.4 Å². The molecule has 1 N–H and O–H groups in total. The van der Waals surface area contributed by atoms with E-state index >= 15 is 0 Å². The maximum atomic E-state index is 6.97. The van der Waals surface area contributed by atoms with Crippen molar-refractivity contribution in [2.75, 3.05) is 5.32 Å². The van der Waals surface area contributed by atoms with Crippen molar-refractivity contribution < 1.29 is 8.83 Å². The predicted molar refractivity (Wildman–Crippen MR) is 285 cm³/mol. The Bertz CT molecular complexity index is 4120. The zero-order valence-electron chi connectivity index (χ0n) is 38.8. The Hall–Kier alpha value is -7.50. The number of hydrogen-bond acceptors (Lipinski definition) is 3. The number of para-hydroxylation sites is 1. The molecule has 322 valence electrons. The van der Waals surface area contributed by atoms with Crippen molar-refractivity contribution in [3.8, 4) is 27.9 Å².